The van der Waals surface area contributed by atoms with Gasteiger partial charge in [-0.3, -0.25) is 4.79 Å². The molecular weight excluding hydrogens is 258 g/mol. The van der Waals surface area contributed by atoms with E-state index < -0.39 is 11.5 Å². The lowest BCUT2D eigenvalue weighted by atomic mass is 9.96. The molecular formula is C15H21NO4. The van der Waals surface area contributed by atoms with Gasteiger partial charge in [0.05, 0.1) is 6.61 Å². The zero-order valence-corrected chi connectivity index (χ0v) is 11.7. The number of aliphatic carboxylic acids is 1. The molecule has 2 rings (SSSR count). The monoisotopic (exact) mass is 279 g/mol. The fraction of sp³-hybridized carbons (Fsp3) is 0.533. The number of benzene rings is 1. The van der Waals surface area contributed by atoms with Gasteiger partial charge in [0.1, 0.15) is 12.4 Å². The highest BCUT2D eigenvalue weighted by atomic mass is 16.5. The average Bonchev–Trinajstić information content (AvgIpc) is 3.28. The molecule has 1 aromatic carbocycles. The summed E-state index contributed by atoms with van der Waals surface area (Å²) in [6.07, 6.45) is 2.57. The highest BCUT2D eigenvalue weighted by Crippen LogP contribution is 2.38. The van der Waals surface area contributed by atoms with Crippen molar-refractivity contribution >= 4 is 5.97 Å². The summed E-state index contributed by atoms with van der Waals surface area (Å²) in [5.74, 6) is -0.319. The van der Waals surface area contributed by atoms with Crippen LogP contribution in [0.1, 0.15) is 18.4 Å². The molecule has 0 heterocycles. The third-order valence-corrected chi connectivity index (χ3v) is 3.70. The summed E-state index contributed by atoms with van der Waals surface area (Å²) in [5.41, 5.74) is 5.83. The Labute approximate surface area is 118 Å². The van der Waals surface area contributed by atoms with E-state index in [1.54, 1.807) is 7.11 Å². The van der Waals surface area contributed by atoms with Crippen molar-refractivity contribution in [2.24, 2.45) is 11.7 Å². The van der Waals surface area contributed by atoms with E-state index in [4.69, 9.17) is 15.2 Å². The van der Waals surface area contributed by atoms with Gasteiger partial charge in [-0.05, 0) is 42.9 Å². The number of rotatable bonds is 8. The molecule has 3 N–H and O–H groups in total. The van der Waals surface area contributed by atoms with Crippen LogP contribution in [0.2, 0.25) is 0 Å². The van der Waals surface area contributed by atoms with Gasteiger partial charge >= 0.3 is 5.97 Å². The fourth-order valence-electron chi connectivity index (χ4n) is 2.13. The number of hydrogen-bond acceptors (Lipinski definition) is 4. The Balaban J connectivity index is 1.91. The van der Waals surface area contributed by atoms with Gasteiger partial charge in [0, 0.05) is 7.11 Å². The van der Waals surface area contributed by atoms with Gasteiger partial charge in [-0.1, -0.05) is 12.1 Å². The lowest BCUT2D eigenvalue weighted by Gasteiger charge is -2.24. The SMILES string of the molecule is COCCc1ccc(OCC(N)(C(=O)O)C2CC2)cc1. The number of hydrogen-bond donors (Lipinski definition) is 2. The number of carboxylic acid groups (broad SMARTS) is 1. The maximum absolute atomic E-state index is 11.3. The Morgan fingerprint density at radius 1 is 1.40 bits per heavy atom. The summed E-state index contributed by atoms with van der Waals surface area (Å²) < 4.78 is 10.6. The van der Waals surface area contributed by atoms with Gasteiger partial charge in [0.2, 0.25) is 0 Å². The minimum absolute atomic E-state index is 0.00438. The maximum Gasteiger partial charge on any atom is 0.327 e. The summed E-state index contributed by atoms with van der Waals surface area (Å²) in [6, 6.07) is 7.56. The smallest absolute Gasteiger partial charge is 0.327 e. The second kappa shape index (κ2) is 6.24. The first-order chi connectivity index (χ1) is 9.56. The molecule has 20 heavy (non-hydrogen) atoms. The molecule has 5 heteroatoms. The summed E-state index contributed by atoms with van der Waals surface area (Å²) in [7, 11) is 1.67. The Hall–Kier alpha value is -1.59. The van der Waals surface area contributed by atoms with Crippen molar-refractivity contribution in [1.82, 2.24) is 0 Å². The van der Waals surface area contributed by atoms with E-state index in [0.29, 0.717) is 12.4 Å². The van der Waals surface area contributed by atoms with E-state index in [0.717, 1.165) is 24.8 Å². The molecule has 1 aliphatic rings. The van der Waals surface area contributed by atoms with Crippen LogP contribution in [0.15, 0.2) is 24.3 Å². The van der Waals surface area contributed by atoms with E-state index in [9.17, 15) is 9.90 Å². The third kappa shape index (κ3) is 3.49. The van der Waals surface area contributed by atoms with Crippen molar-refractivity contribution in [2.75, 3.05) is 20.3 Å². The second-order valence-electron chi connectivity index (χ2n) is 5.30. The predicted octanol–water partition coefficient (Wildman–Crippen LogP) is 1.45. The van der Waals surface area contributed by atoms with Gasteiger partial charge in [-0.2, -0.15) is 0 Å². The molecule has 0 spiro atoms. The second-order valence-corrected chi connectivity index (χ2v) is 5.30. The van der Waals surface area contributed by atoms with Crippen molar-refractivity contribution in [3.8, 4) is 5.75 Å². The van der Waals surface area contributed by atoms with Gasteiger partial charge in [0.15, 0.2) is 5.54 Å². The quantitative estimate of drug-likeness (QED) is 0.752. The summed E-state index contributed by atoms with van der Waals surface area (Å²) in [4.78, 5) is 11.3. The van der Waals surface area contributed by atoms with Gasteiger partial charge in [-0.15, -0.1) is 0 Å². The largest absolute Gasteiger partial charge is 0.491 e. The molecule has 110 valence electrons. The van der Waals surface area contributed by atoms with E-state index in [1.807, 2.05) is 24.3 Å². The molecule has 1 aliphatic carbocycles. The molecule has 0 aliphatic heterocycles. The minimum atomic E-state index is -1.27. The standard InChI is InChI=1S/C15H21NO4/c1-19-9-8-11-2-6-13(7-3-11)20-10-15(16,14(17)18)12-4-5-12/h2-3,6-7,12H,4-5,8-10,16H2,1H3,(H,17,18). The van der Waals surface area contributed by atoms with Crippen LogP contribution in [0, 0.1) is 5.92 Å². The van der Waals surface area contributed by atoms with Crippen LogP contribution in [-0.2, 0) is 16.0 Å². The molecule has 0 bridgehead atoms. The lowest BCUT2D eigenvalue weighted by Crippen LogP contribution is -2.54. The van der Waals surface area contributed by atoms with Crippen LogP contribution in [0.25, 0.3) is 0 Å². The summed E-state index contributed by atoms with van der Waals surface area (Å²) in [5, 5.41) is 9.24. The van der Waals surface area contributed by atoms with Crippen LogP contribution in [0.3, 0.4) is 0 Å². The molecule has 1 aromatic rings. The van der Waals surface area contributed by atoms with Crippen LogP contribution in [0.5, 0.6) is 5.75 Å². The third-order valence-electron chi connectivity index (χ3n) is 3.70. The van der Waals surface area contributed by atoms with Crippen molar-refractivity contribution < 1.29 is 19.4 Å². The number of ether oxygens (including phenoxy) is 2. The van der Waals surface area contributed by atoms with Gasteiger partial charge < -0.3 is 20.3 Å². The van der Waals surface area contributed by atoms with Crippen molar-refractivity contribution in [3.05, 3.63) is 29.8 Å². The molecule has 0 saturated heterocycles. The van der Waals surface area contributed by atoms with Crippen LogP contribution in [-0.4, -0.2) is 36.9 Å². The van der Waals surface area contributed by atoms with E-state index in [-0.39, 0.29) is 12.5 Å². The van der Waals surface area contributed by atoms with Crippen LogP contribution >= 0.6 is 0 Å². The predicted molar refractivity (Wildman–Crippen MR) is 74.8 cm³/mol. The Morgan fingerprint density at radius 3 is 2.55 bits per heavy atom. The topological polar surface area (TPSA) is 81.8 Å². The molecule has 5 nitrogen and oxygen atoms in total. The highest BCUT2D eigenvalue weighted by Gasteiger charge is 2.49. The summed E-state index contributed by atoms with van der Waals surface area (Å²) >= 11 is 0. The molecule has 1 unspecified atom stereocenters. The van der Waals surface area contributed by atoms with Crippen LogP contribution < -0.4 is 10.5 Å². The summed E-state index contributed by atoms with van der Waals surface area (Å²) in [6.45, 7) is 0.678. The zero-order chi connectivity index (χ0) is 14.6. The van der Waals surface area contributed by atoms with E-state index in [1.165, 1.54) is 0 Å². The van der Waals surface area contributed by atoms with E-state index >= 15 is 0 Å². The maximum atomic E-state index is 11.3. The van der Waals surface area contributed by atoms with Gasteiger partial charge in [0.25, 0.3) is 0 Å². The fourth-order valence-corrected chi connectivity index (χ4v) is 2.13. The minimum Gasteiger partial charge on any atom is -0.491 e. The van der Waals surface area contributed by atoms with Crippen molar-refractivity contribution in [2.45, 2.75) is 24.8 Å². The molecule has 1 fully saturated rings. The number of carbonyl (C=O) groups is 1. The van der Waals surface area contributed by atoms with Gasteiger partial charge in [-0.25, -0.2) is 0 Å². The number of nitrogens with two attached hydrogens (primary N) is 1. The Bertz CT molecular complexity index is 455. The number of carboxylic acids is 1. The lowest BCUT2D eigenvalue weighted by molar-refractivity contribution is -0.145. The normalized spacial score (nSPS) is 17.5. The van der Waals surface area contributed by atoms with Crippen molar-refractivity contribution in [3.63, 3.8) is 0 Å². The first-order valence-electron chi connectivity index (χ1n) is 6.79. The molecule has 1 saturated carbocycles. The Morgan fingerprint density at radius 2 is 2.05 bits per heavy atom. The molecule has 0 aromatic heterocycles. The average molecular weight is 279 g/mol. The molecule has 0 amide bonds. The number of methoxy groups -OCH3 is 1. The van der Waals surface area contributed by atoms with Crippen LogP contribution in [0.4, 0.5) is 0 Å². The Kier molecular flexibility index (Phi) is 4.62. The first-order valence-corrected chi connectivity index (χ1v) is 6.79. The molecule has 0 radical (unpaired) electrons. The van der Waals surface area contributed by atoms with Crippen molar-refractivity contribution in [1.29, 1.82) is 0 Å². The molecule has 1 atom stereocenters. The first kappa shape index (κ1) is 14.8. The van der Waals surface area contributed by atoms with E-state index in [2.05, 4.69) is 0 Å². The zero-order valence-electron chi connectivity index (χ0n) is 11.7. The highest BCUT2D eigenvalue weighted by molar-refractivity contribution is 5.79.